The molecule has 1 aromatic heterocycles. The number of guanidine groups is 1. The highest BCUT2D eigenvalue weighted by molar-refractivity contribution is 8.14. The SMILES string of the molecule is Cc1ccc(C2=C3C(=NC(N(C)C)=NC3Cl)Sc3nc(N(C)C)nc(Cl)c32)cc1. The Morgan fingerprint density at radius 1 is 1.00 bits per heavy atom. The molecule has 9 heteroatoms. The van der Waals surface area contributed by atoms with E-state index in [4.69, 9.17) is 33.2 Å². The average Bonchev–Trinajstić information content (AvgIpc) is 2.66. The summed E-state index contributed by atoms with van der Waals surface area (Å²) in [5.74, 6) is 1.13. The van der Waals surface area contributed by atoms with E-state index >= 15 is 0 Å². The lowest BCUT2D eigenvalue weighted by Gasteiger charge is -2.30. The van der Waals surface area contributed by atoms with Gasteiger partial charge in [-0.3, -0.25) is 0 Å². The van der Waals surface area contributed by atoms with Crippen molar-refractivity contribution in [3.63, 3.8) is 0 Å². The molecular weight excluding hydrogens is 427 g/mol. The lowest BCUT2D eigenvalue weighted by Crippen LogP contribution is -2.30. The maximum absolute atomic E-state index is 6.75. The van der Waals surface area contributed by atoms with Crippen LogP contribution in [-0.2, 0) is 0 Å². The number of benzene rings is 1. The molecule has 0 spiro atoms. The van der Waals surface area contributed by atoms with E-state index in [1.54, 1.807) is 0 Å². The van der Waals surface area contributed by atoms with Gasteiger partial charge in [0.1, 0.15) is 15.2 Å². The van der Waals surface area contributed by atoms with Crippen LogP contribution >= 0.6 is 35.0 Å². The third-order valence-electron chi connectivity index (χ3n) is 4.57. The minimum absolute atomic E-state index is 0.388. The van der Waals surface area contributed by atoms with Gasteiger partial charge in [0, 0.05) is 39.3 Å². The van der Waals surface area contributed by atoms with Gasteiger partial charge in [-0.15, -0.1) is 0 Å². The lowest BCUT2D eigenvalue weighted by molar-refractivity contribution is 0.608. The summed E-state index contributed by atoms with van der Waals surface area (Å²) in [6.07, 6.45) is 0. The predicted molar refractivity (Wildman–Crippen MR) is 123 cm³/mol. The van der Waals surface area contributed by atoms with Crippen molar-refractivity contribution in [3.8, 4) is 0 Å². The molecule has 3 heterocycles. The molecule has 0 aliphatic carbocycles. The molecule has 0 fully saturated rings. The number of anilines is 1. The van der Waals surface area contributed by atoms with Crippen LogP contribution in [0.4, 0.5) is 5.95 Å². The number of thioether (sulfide) groups is 1. The van der Waals surface area contributed by atoms with Crippen LogP contribution in [0, 0.1) is 6.92 Å². The van der Waals surface area contributed by atoms with E-state index in [-0.39, 0.29) is 0 Å². The highest BCUT2D eigenvalue weighted by atomic mass is 35.5. The molecule has 2 aliphatic rings. The van der Waals surface area contributed by atoms with Crippen molar-refractivity contribution in [2.75, 3.05) is 33.1 Å². The summed E-state index contributed by atoms with van der Waals surface area (Å²) in [6.45, 7) is 2.05. The van der Waals surface area contributed by atoms with E-state index in [2.05, 4.69) is 41.2 Å². The summed E-state index contributed by atoms with van der Waals surface area (Å²) in [7, 11) is 7.56. The molecule has 150 valence electrons. The molecular formula is C20H20Cl2N6S. The first-order valence-electron chi connectivity index (χ1n) is 8.99. The van der Waals surface area contributed by atoms with Crippen LogP contribution < -0.4 is 4.90 Å². The van der Waals surface area contributed by atoms with E-state index in [1.165, 1.54) is 17.3 Å². The minimum Gasteiger partial charge on any atom is -0.347 e. The normalized spacial score (nSPS) is 18.0. The van der Waals surface area contributed by atoms with E-state index in [9.17, 15) is 0 Å². The largest absolute Gasteiger partial charge is 0.347 e. The summed E-state index contributed by atoms with van der Waals surface area (Å²) < 4.78 is 0. The van der Waals surface area contributed by atoms with Crippen molar-refractivity contribution in [2.24, 2.45) is 9.98 Å². The number of nitrogens with zero attached hydrogens (tertiary/aromatic N) is 6. The molecule has 6 nitrogen and oxygen atoms in total. The fraction of sp³-hybridized carbons (Fsp3) is 0.300. The Morgan fingerprint density at radius 3 is 2.31 bits per heavy atom. The van der Waals surface area contributed by atoms with Gasteiger partial charge >= 0.3 is 0 Å². The molecule has 2 aromatic rings. The van der Waals surface area contributed by atoms with Crippen LogP contribution in [0.2, 0.25) is 5.15 Å². The summed E-state index contributed by atoms with van der Waals surface area (Å²) in [5.41, 5.74) is 4.06. The highest BCUT2D eigenvalue weighted by Crippen LogP contribution is 2.47. The molecule has 1 aromatic carbocycles. The highest BCUT2D eigenvalue weighted by Gasteiger charge is 2.36. The zero-order chi connectivity index (χ0) is 20.9. The van der Waals surface area contributed by atoms with Crippen molar-refractivity contribution in [2.45, 2.75) is 17.5 Å². The summed E-state index contributed by atoms with van der Waals surface area (Å²) in [4.78, 5) is 22.2. The molecule has 0 N–H and O–H groups in total. The molecule has 4 rings (SSSR count). The third-order valence-corrected chi connectivity index (χ3v) is 6.15. The number of hydrogen-bond acceptors (Lipinski definition) is 7. The standard InChI is InChI=1S/C20H20Cl2N6S/c1-10-6-8-11(9-7-10)12-13-15(21)23-19(27(2)3)25-17(13)29-18-14(12)16(22)24-20(26-18)28(4)5/h6-9,15H,1-5H3. The molecule has 0 saturated carbocycles. The Hall–Kier alpha value is -2.09. The zero-order valence-electron chi connectivity index (χ0n) is 16.7. The Bertz CT molecular complexity index is 1070. The first-order chi connectivity index (χ1) is 13.8. The van der Waals surface area contributed by atoms with Gasteiger partial charge in [-0.25, -0.2) is 20.0 Å². The number of rotatable bonds is 2. The van der Waals surface area contributed by atoms with Gasteiger partial charge in [0.2, 0.25) is 11.9 Å². The van der Waals surface area contributed by atoms with Crippen LogP contribution in [-0.4, -0.2) is 59.6 Å². The van der Waals surface area contributed by atoms with Crippen molar-refractivity contribution >= 4 is 57.5 Å². The molecule has 2 aliphatic heterocycles. The Balaban J connectivity index is 2.02. The van der Waals surface area contributed by atoms with Gasteiger partial charge in [-0.2, -0.15) is 0 Å². The predicted octanol–water partition coefficient (Wildman–Crippen LogP) is 4.31. The first-order valence-corrected chi connectivity index (χ1v) is 10.6. The van der Waals surface area contributed by atoms with Crippen LogP contribution in [0.3, 0.4) is 0 Å². The van der Waals surface area contributed by atoms with Crippen LogP contribution in [0.5, 0.6) is 0 Å². The van der Waals surface area contributed by atoms with Gasteiger partial charge in [-0.1, -0.05) is 53.0 Å². The molecule has 1 atom stereocenters. The summed E-state index contributed by atoms with van der Waals surface area (Å²) in [6, 6.07) is 8.23. The summed E-state index contributed by atoms with van der Waals surface area (Å²) >= 11 is 14.9. The second-order valence-electron chi connectivity index (χ2n) is 7.22. The fourth-order valence-electron chi connectivity index (χ4n) is 3.10. The van der Waals surface area contributed by atoms with Crippen LogP contribution in [0.1, 0.15) is 16.7 Å². The number of aliphatic imine (C=N–C) groups is 2. The minimum atomic E-state index is -0.582. The molecule has 0 radical (unpaired) electrons. The summed E-state index contributed by atoms with van der Waals surface area (Å²) in [5, 5.41) is 1.93. The van der Waals surface area contributed by atoms with E-state index < -0.39 is 5.50 Å². The first kappa shape index (κ1) is 20.2. The van der Waals surface area contributed by atoms with E-state index in [0.29, 0.717) is 17.1 Å². The average molecular weight is 447 g/mol. The third kappa shape index (κ3) is 3.63. The van der Waals surface area contributed by atoms with Crippen LogP contribution in [0.25, 0.3) is 5.57 Å². The number of alkyl halides is 1. The van der Waals surface area contributed by atoms with Crippen molar-refractivity contribution in [1.29, 1.82) is 0 Å². The zero-order valence-corrected chi connectivity index (χ0v) is 19.1. The van der Waals surface area contributed by atoms with Crippen molar-refractivity contribution in [1.82, 2.24) is 14.9 Å². The molecule has 1 unspecified atom stereocenters. The maximum Gasteiger partial charge on any atom is 0.227 e. The number of halogens is 2. The molecule has 0 saturated heterocycles. The van der Waals surface area contributed by atoms with Gasteiger partial charge in [-0.05, 0) is 24.2 Å². The van der Waals surface area contributed by atoms with Gasteiger partial charge in [0.05, 0.1) is 5.56 Å². The maximum atomic E-state index is 6.75. The smallest absolute Gasteiger partial charge is 0.227 e. The topological polar surface area (TPSA) is 57.0 Å². The van der Waals surface area contributed by atoms with E-state index in [0.717, 1.165) is 32.3 Å². The Labute approximate surface area is 184 Å². The molecule has 29 heavy (non-hydrogen) atoms. The fourth-order valence-corrected chi connectivity index (χ4v) is 4.84. The number of fused-ring (bicyclic) bond motifs is 2. The quantitative estimate of drug-likeness (QED) is 0.390. The second kappa shape index (κ2) is 7.63. The lowest BCUT2D eigenvalue weighted by atomic mass is 9.93. The number of aryl methyl sites for hydroxylation is 1. The molecule has 0 amide bonds. The van der Waals surface area contributed by atoms with Gasteiger partial charge in [0.25, 0.3) is 0 Å². The number of hydrogen-bond donors (Lipinski definition) is 0. The second-order valence-corrected chi connectivity index (χ2v) is 8.97. The van der Waals surface area contributed by atoms with E-state index in [1.807, 2.05) is 38.0 Å². The monoisotopic (exact) mass is 446 g/mol. The molecule has 0 bridgehead atoms. The van der Waals surface area contributed by atoms with Crippen molar-refractivity contribution < 1.29 is 0 Å². The van der Waals surface area contributed by atoms with Gasteiger partial charge < -0.3 is 9.80 Å². The van der Waals surface area contributed by atoms with Crippen LogP contribution in [0.15, 0.2) is 44.8 Å². The Morgan fingerprint density at radius 2 is 1.69 bits per heavy atom. The van der Waals surface area contributed by atoms with Crippen molar-refractivity contribution in [3.05, 3.63) is 51.7 Å². The Kier molecular flexibility index (Phi) is 5.31. The number of aromatic nitrogens is 2. The van der Waals surface area contributed by atoms with Gasteiger partial charge in [0.15, 0.2) is 5.50 Å².